The minimum Gasteiger partial charge on any atom is -0.490 e. The van der Waals surface area contributed by atoms with Crippen molar-refractivity contribution in [1.29, 1.82) is 0 Å². The van der Waals surface area contributed by atoms with Crippen LogP contribution in [0.1, 0.15) is 68.2 Å². The molecule has 16 heteroatoms. The van der Waals surface area contributed by atoms with E-state index in [-0.39, 0.29) is 41.6 Å². The van der Waals surface area contributed by atoms with Crippen LogP contribution in [0.25, 0.3) is 0 Å². The molecule has 1 atom stereocenters. The first-order chi connectivity index (χ1) is 21.2. The maximum Gasteiger partial charge on any atom is 0.408 e. The summed E-state index contributed by atoms with van der Waals surface area (Å²) in [7, 11) is 0. The molecule has 0 fully saturated rings. The third-order valence-corrected chi connectivity index (χ3v) is 5.21. The number of amides is 1. The number of alkyl carbamates (subject to hydrolysis) is 1. The van der Waals surface area contributed by atoms with Gasteiger partial charge in [0.2, 0.25) is 6.79 Å². The Morgan fingerprint density at radius 2 is 1.56 bits per heavy atom. The summed E-state index contributed by atoms with van der Waals surface area (Å²) in [6, 6.07) is 8.40. The van der Waals surface area contributed by atoms with Gasteiger partial charge in [-0.25, -0.2) is 19.2 Å². The predicted octanol–water partition coefficient (Wildman–Crippen LogP) is 3.77. The number of hydrogen-bond acceptors (Lipinski definition) is 14. The number of esters is 4. The van der Waals surface area contributed by atoms with Gasteiger partial charge >= 0.3 is 30.0 Å². The topological polar surface area (TPSA) is 205 Å². The minimum atomic E-state index is -1.17. The highest BCUT2D eigenvalue weighted by Crippen LogP contribution is 2.30. The molecule has 45 heavy (non-hydrogen) atoms. The zero-order valence-electron chi connectivity index (χ0n) is 25.3. The lowest BCUT2D eigenvalue weighted by Gasteiger charge is -2.21. The lowest BCUT2D eigenvalue weighted by molar-refractivity contribution is -0.757. The van der Waals surface area contributed by atoms with Crippen LogP contribution in [0.5, 0.6) is 17.2 Å². The number of rotatable bonds is 15. The summed E-state index contributed by atoms with van der Waals surface area (Å²) in [6.45, 7) is 6.57. The molecule has 2 aromatic carbocycles. The van der Waals surface area contributed by atoms with Crippen LogP contribution in [-0.4, -0.2) is 66.7 Å². The SMILES string of the molecule is CC(=O)Oc1ccccc1C(=O)OCOC(=O)c1ccc(OCCCCO[N+](=O)[O-])c(OC(=O)C(C)NC(=O)OC(C)(C)C)c1. The maximum absolute atomic E-state index is 12.8. The molecule has 0 aliphatic heterocycles. The molecule has 1 N–H and O–H groups in total. The quantitative estimate of drug-likeness (QED) is 0.0739. The molecule has 0 heterocycles. The van der Waals surface area contributed by atoms with Crippen molar-refractivity contribution in [1.82, 2.24) is 5.32 Å². The Morgan fingerprint density at radius 3 is 2.22 bits per heavy atom. The van der Waals surface area contributed by atoms with Crippen LogP contribution in [0.15, 0.2) is 42.5 Å². The van der Waals surface area contributed by atoms with Gasteiger partial charge in [0.05, 0.1) is 18.8 Å². The highest BCUT2D eigenvalue weighted by molar-refractivity contribution is 5.94. The lowest BCUT2D eigenvalue weighted by Crippen LogP contribution is -2.43. The predicted molar refractivity (Wildman–Crippen MR) is 152 cm³/mol. The number of benzene rings is 2. The molecule has 2 aromatic rings. The normalized spacial score (nSPS) is 11.3. The van der Waals surface area contributed by atoms with E-state index in [1.165, 1.54) is 44.2 Å². The van der Waals surface area contributed by atoms with Crippen LogP contribution in [0.3, 0.4) is 0 Å². The van der Waals surface area contributed by atoms with Crippen molar-refractivity contribution >= 4 is 30.0 Å². The van der Waals surface area contributed by atoms with Crippen molar-refractivity contribution < 1.29 is 62.3 Å². The van der Waals surface area contributed by atoms with E-state index in [0.717, 1.165) is 6.07 Å². The van der Waals surface area contributed by atoms with Gasteiger partial charge in [-0.05, 0) is 70.9 Å². The van der Waals surface area contributed by atoms with Crippen LogP contribution < -0.4 is 19.5 Å². The molecular weight excluding hydrogens is 600 g/mol. The Morgan fingerprint density at radius 1 is 0.889 bits per heavy atom. The van der Waals surface area contributed by atoms with Gasteiger partial charge in [-0.15, -0.1) is 10.1 Å². The number of carbonyl (C=O) groups excluding carboxylic acids is 5. The monoisotopic (exact) mass is 634 g/mol. The Hall–Kier alpha value is -5.41. The Kier molecular flexibility index (Phi) is 13.5. The second-order valence-electron chi connectivity index (χ2n) is 10.1. The number of nitrogens with one attached hydrogen (secondary N) is 1. The molecule has 2 rings (SSSR count). The average Bonchev–Trinajstić information content (AvgIpc) is 2.94. The number of carbonyl (C=O) groups is 5. The summed E-state index contributed by atoms with van der Waals surface area (Å²) in [5.41, 5.74) is -0.999. The smallest absolute Gasteiger partial charge is 0.408 e. The van der Waals surface area contributed by atoms with Crippen LogP contribution in [0, 0.1) is 10.1 Å². The molecule has 0 saturated heterocycles. The van der Waals surface area contributed by atoms with Crippen molar-refractivity contribution in [2.24, 2.45) is 0 Å². The summed E-state index contributed by atoms with van der Waals surface area (Å²) < 4.78 is 31.1. The van der Waals surface area contributed by atoms with Gasteiger partial charge in [0, 0.05) is 6.92 Å². The zero-order chi connectivity index (χ0) is 33.6. The largest absolute Gasteiger partial charge is 0.490 e. The third kappa shape index (κ3) is 13.2. The van der Waals surface area contributed by atoms with Crippen molar-refractivity contribution in [3.63, 3.8) is 0 Å². The Bertz CT molecular complexity index is 1390. The number of unbranched alkanes of at least 4 members (excludes halogenated alkanes) is 1. The summed E-state index contributed by atoms with van der Waals surface area (Å²) in [5, 5.41) is 11.7. The van der Waals surface area contributed by atoms with Gasteiger partial charge in [-0.2, -0.15) is 0 Å². The van der Waals surface area contributed by atoms with E-state index in [4.69, 9.17) is 28.4 Å². The summed E-state index contributed by atoms with van der Waals surface area (Å²) in [6.07, 6.45) is -0.225. The first-order valence-electron chi connectivity index (χ1n) is 13.5. The summed E-state index contributed by atoms with van der Waals surface area (Å²) >= 11 is 0. The van der Waals surface area contributed by atoms with Gasteiger partial charge in [0.15, 0.2) is 11.5 Å². The van der Waals surface area contributed by atoms with Crippen molar-refractivity contribution in [2.45, 2.75) is 59.1 Å². The maximum atomic E-state index is 12.8. The fourth-order valence-corrected chi connectivity index (χ4v) is 3.28. The fraction of sp³-hybridized carbons (Fsp3) is 0.414. The van der Waals surface area contributed by atoms with E-state index in [2.05, 4.69) is 10.2 Å². The van der Waals surface area contributed by atoms with E-state index >= 15 is 0 Å². The lowest BCUT2D eigenvalue weighted by atomic mass is 10.2. The number of hydrogen-bond donors (Lipinski definition) is 1. The van der Waals surface area contributed by atoms with E-state index in [9.17, 15) is 34.1 Å². The summed E-state index contributed by atoms with van der Waals surface area (Å²) in [5.74, 6) is -3.66. The number of para-hydroxylation sites is 1. The van der Waals surface area contributed by atoms with Gasteiger partial charge in [-0.3, -0.25) is 4.79 Å². The van der Waals surface area contributed by atoms with Crippen LogP contribution >= 0.6 is 0 Å². The zero-order valence-corrected chi connectivity index (χ0v) is 25.3. The minimum absolute atomic E-state index is 0.0352. The average molecular weight is 635 g/mol. The molecule has 0 saturated carbocycles. The molecule has 1 amide bonds. The number of ether oxygens (including phenoxy) is 6. The second-order valence-corrected chi connectivity index (χ2v) is 10.1. The third-order valence-electron chi connectivity index (χ3n) is 5.21. The van der Waals surface area contributed by atoms with Crippen LogP contribution in [0.2, 0.25) is 0 Å². The molecule has 0 spiro atoms. The molecule has 0 bridgehead atoms. The fourth-order valence-electron chi connectivity index (χ4n) is 3.28. The molecule has 0 aliphatic carbocycles. The van der Waals surface area contributed by atoms with Crippen molar-refractivity contribution in [2.75, 3.05) is 20.0 Å². The van der Waals surface area contributed by atoms with E-state index < -0.39 is 53.5 Å². The molecule has 0 radical (unpaired) electrons. The first-order valence-corrected chi connectivity index (χ1v) is 13.5. The van der Waals surface area contributed by atoms with Crippen LogP contribution in [0.4, 0.5) is 4.79 Å². The first kappa shape index (κ1) is 35.8. The highest BCUT2D eigenvalue weighted by atomic mass is 16.9. The molecular formula is C29H34N2O14. The van der Waals surface area contributed by atoms with Crippen LogP contribution in [-0.2, 0) is 28.6 Å². The summed E-state index contributed by atoms with van der Waals surface area (Å²) in [4.78, 5) is 75.8. The highest BCUT2D eigenvalue weighted by Gasteiger charge is 2.24. The molecule has 1 unspecified atom stereocenters. The van der Waals surface area contributed by atoms with Gasteiger partial charge in [-0.1, -0.05) is 12.1 Å². The Balaban J connectivity index is 2.10. The second kappa shape index (κ2) is 17.0. The Labute approximate surface area is 257 Å². The standard InChI is InChI=1S/C29H34N2O14/c1-18(30-28(36)45-29(3,4)5)25(33)44-24-16-20(12-13-23(24)39-14-8-9-15-42-31(37)38)26(34)40-17-41-27(35)21-10-6-7-11-22(21)43-19(2)32/h6-7,10-13,16,18H,8-9,14-15,17H2,1-5H3,(H,30,36). The van der Waals surface area contributed by atoms with E-state index in [1.54, 1.807) is 26.8 Å². The molecule has 0 aromatic heterocycles. The molecule has 244 valence electrons. The van der Waals surface area contributed by atoms with E-state index in [0.29, 0.717) is 12.8 Å². The number of nitrogens with zero attached hydrogens (tertiary/aromatic N) is 1. The van der Waals surface area contributed by atoms with Gasteiger partial charge in [0.25, 0.3) is 5.09 Å². The van der Waals surface area contributed by atoms with E-state index in [1.807, 2.05) is 0 Å². The molecule has 16 nitrogen and oxygen atoms in total. The van der Waals surface area contributed by atoms with Crippen molar-refractivity contribution in [3.8, 4) is 17.2 Å². The molecule has 0 aliphatic rings. The van der Waals surface area contributed by atoms with Gasteiger partial charge in [0.1, 0.15) is 23.0 Å². The van der Waals surface area contributed by atoms with Gasteiger partial charge < -0.3 is 38.6 Å². The van der Waals surface area contributed by atoms with Crippen molar-refractivity contribution in [3.05, 3.63) is 63.7 Å².